The highest BCUT2D eigenvalue weighted by Gasteiger charge is 2.63. The van der Waals surface area contributed by atoms with Gasteiger partial charge in [-0.15, -0.1) is 0 Å². The van der Waals surface area contributed by atoms with Gasteiger partial charge in [-0.05, 0) is 55.9 Å². The highest BCUT2D eigenvalue weighted by molar-refractivity contribution is 5.98. The molecule has 2 amide bonds. The third kappa shape index (κ3) is 3.13. The van der Waals surface area contributed by atoms with E-state index in [1.807, 2.05) is 11.9 Å². The maximum absolute atomic E-state index is 12.9. The van der Waals surface area contributed by atoms with Crippen molar-refractivity contribution in [1.82, 2.24) is 4.90 Å². The summed E-state index contributed by atoms with van der Waals surface area (Å²) in [7, 11) is 1.89. The maximum Gasteiger partial charge on any atom is 0.310 e. The zero-order chi connectivity index (χ0) is 20.1. The second-order valence-corrected chi connectivity index (χ2v) is 9.20. The monoisotopic (exact) mass is 396 g/mol. The summed E-state index contributed by atoms with van der Waals surface area (Å²) in [4.78, 5) is 39.7. The lowest BCUT2D eigenvalue weighted by atomic mass is 9.79. The van der Waals surface area contributed by atoms with Crippen LogP contribution in [-0.2, 0) is 14.3 Å². The van der Waals surface area contributed by atoms with E-state index in [1.165, 1.54) is 19.3 Å². The Morgan fingerprint density at radius 2 is 1.79 bits per heavy atom. The number of carbonyl (C=O) groups is 3. The number of hydrogen-bond acceptors (Lipinski definition) is 4. The molecule has 2 bridgehead atoms. The van der Waals surface area contributed by atoms with Crippen LogP contribution in [0.3, 0.4) is 0 Å². The van der Waals surface area contributed by atoms with Gasteiger partial charge >= 0.3 is 5.97 Å². The highest BCUT2D eigenvalue weighted by Crippen LogP contribution is 2.57. The van der Waals surface area contributed by atoms with Crippen molar-refractivity contribution in [3.05, 3.63) is 29.8 Å². The number of fused-ring (bicyclic) bond motifs is 1. The third-order valence-electron chi connectivity index (χ3n) is 7.63. The predicted molar refractivity (Wildman–Crippen MR) is 107 cm³/mol. The summed E-state index contributed by atoms with van der Waals surface area (Å²) in [5, 5.41) is 2.96. The molecule has 0 aromatic heterocycles. The molecule has 1 N–H and O–H groups in total. The van der Waals surface area contributed by atoms with Crippen molar-refractivity contribution in [3.8, 4) is 0 Å². The molecule has 4 fully saturated rings. The van der Waals surface area contributed by atoms with Crippen molar-refractivity contribution in [2.24, 2.45) is 23.7 Å². The van der Waals surface area contributed by atoms with Crippen LogP contribution in [0, 0.1) is 23.7 Å². The summed E-state index contributed by atoms with van der Waals surface area (Å²) < 4.78 is 5.42. The average molecular weight is 396 g/mol. The largest absolute Gasteiger partial charge is 0.462 e. The van der Waals surface area contributed by atoms with Crippen molar-refractivity contribution in [3.63, 3.8) is 0 Å². The topological polar surface area (TPSA) is 75.7 Å². The van der Waals surface area contributed by atoms with E-state index < -0.39 is 0 Å². The second kappa shape index (κ2) is 7.15. The first kappa shape index (κ1) is 18.6. The Morgan fingerprint density at radius 3 is 2.52 bits per heavy atom. The molecule has 0 spiro atoms. The molecule has 4 aliphatic rings. The predicted octanol–water partition coefficient (Wildman–Crippen LogP) is 3.23. The van der Waals surface area contributed by atoms with Crippen LogP contribution >= 0.6 is 0 Å². The maximum atomic E-state index is 12.9. The highest BCUT2D eigenvalue weighted by atomic mass is 16.6. The number of hydrogen-bond donors (Lipinski definition) is 1. The Bertz CT molecular complexity index is 828. The summed E-state index contributed by atoms with van der Waals surface area (Å²) in [5.74, 6) is -0.369. The molecule has 1 aliphatic heterocycles. The number of nitrogens with one attached hydrogen (secondary N) is 1. The first-order chi connectivity index (χ1) is 14.0. The molecule has 6 heteroatoms. The fraction of sp³-hybridized carbons (Fsp3) is 0.609. The summed E-state index contributed by atoms with van der Waals surface area (Å²) in [5.41, 5.74) is 1.30. The van der Waals surface area contributed by atoms with E-state index in [-0.39, 0.29) is 47.6 Å². The Morgan fingerprint density at radius 1 is 1.07 bits per heavy atom. The first-order valence-electron chi connectivity index (χ1n) is 10.9. The zero-order valence-electron chi connectivity index (χ0n) is 16.8. The smallest absolute Gasteiger partial charge is 0.310 e. The van der Waals surface area contributed by atoms with Crippen molar-refractivity contribution in [2.45, 2.75) is 57.1 Å². The van der Waals surface area contributed by atoms with Gasteiger partial charge in [-0.2, -0.15) is 0 Å². The molecule has 6 nitrogen and oxygen atoms in total. The van der Waals surface area contributed by atoms with Crippen LogP contribution in [-0.4, -0.2) is 41.9 Å². The SMILES string of the molecule is CN(C(=O)c1ccc(NC(=O)[C@@H]2[C@@H]3C[C@@H]4[C@H]2C(=O)O[C@H]4C3)cc1)C1CCCCC1. The Balaban J connectivity index is 1.23. The van der Waals surface area contributed by atoms with Gasteiger partial charge < -0.3 is 15.0 Å². The van der Waals surface area contributed by atoms with Crippen LogP contribution in [0.1, 0.15) is 55.3 Å². The molecule has 0 unspecified atom stereocenters. The fourth-order valence-corrected chi connectivity index (χ4v) is 6.12. The Hall–Kier alpha value is -2.37. The van der Waals surface area contributed by atoms with Crippen molar-refractivity contribution in [2.75, 3.05) is 12.4 Å². The van der Waals surface area contributed by atoms with Crippen LogP contribution in [0.4, 0.5) is 5.69 Å². The minimum atomic E-state index is -0.287. The molecule has 3 aliphatic carbocycles. The molecule has 3 saturated carbocycles. The molecule has 1 heterocycles. The van der Waals surface area contributed by atoms with E-state index in [0.29, 0.717) is 17.3 Å². The molecular formula is C23H28N2O4. The van der Waals surface area contributed by atoms with E-state index in [1.54, 1.807) is 24.3 Å². The average Bonchev–Trinajstić information content (AvgIpc) is 3.36. The lowest BCUT2D eigenvalue weighted by molar-refractivity contribution is -0.145. The van der Waals surface area contributed by atoms with E-state index >= 15 is 0 Å². The Labute approximate surface area is 171 Å². The second-order valence-electron chi connectivity index (χ2n) is 9.20. The van der Waals surface area contributed by atoms with Crippen molar-refractivity contribution < 1.29 is 19.1 Å². The number of rotatable bonds is 4. The zero-order valence-corrected chi connectivity index (χ0v) is 16.8. The number of benzene rings is 1. The molecule has 5 atom stereocenters. The van der Waals surface area contributed by atoms with Gasteiger partial charge in [-0.25, -0.2) is 0 Å². The quantitative estimate of drug-likeness (QED) is 0.793. The van der Waals surface area contributed by atoms with Crippen LogP contribution in [0.2, 0.25) is 0 Å². The van der Waals surface area contributed by atoms with Crippen LogP contribution < -0.4 is 5.32 Å². The van der Waals surface area contributed by atoms with Crippen LogP contribution in [0.5, 0.6) is 0 Å². The Kier molecular flexibility index (Phi) is 4.60. The molecule has 1 saturated heterocycles. The molecule has 1 aromatic rings. The molecule has 1 aromatic carbocycles. The summed E-state index contributed by atoms with van der Waals surface area (Å²) in [6.45, 7) is 0. The van der Waals surface area contributed by atoms with Crippen LogP contribution in [0.25, 0.3) is 0 Å². The molecule has 0 radical (unpaired) electrons. The van der Waals surface area contributed by atoms with E-state index in [2.05, 4.69) is 5.32 Å². The summed E-state index contributed by atoms with van der Waals surface area (Å²) in [6, 6.07) is 7.44. The lowest BCUT2D eigenvalue weighted by Gasteiger charge is -2.31. The number of ether oxygens (including phenoxy) is 1. The minimum absolute atomic E-state index is 0.0302. The van der Waals surface area contributed by atoms with E-state index in [9.17, 15) is 14.4 Å². The van der Waals surface area contributed by atoms with Gasteiger partial charge in [-0.3, -0.25) is 14.4 Å². The summed E-state index contributed by atoms with van der Waals surface area (Å²) >= 11 is 0. The first-order valence-corrected chi connectivity index (χ1v) is 10.9. The third-order valence-corrected chi connectivity index (χ3v) is 7.63. The van der Waals surface area contributed by atoms with Gasteiger partial charge in [0.05, 0.1) is 11.8 Å². The fourth-order valence-electron chi connectivity index (χ4n) is 6.12. The molecule has 5 rings (SSSR count). The lowest BCUT2D eigenvalue weighted by Crippen LogP contribution is -2.38. The standard InChI is InChI=1S/C23H28N2O4/c1-25(16-5-3-2-4-6-16)22(27)13-7-9-15(10-8-13)24-21(26)19-14-11-17-18(12-14)29-23(28)20(17)19/h7-10,14,16-20H,2-6,11-12H2,1H3,(H,24,26)/t14-,17+,18+,19-,20-/m1/s1. The van der Waals surface area contributed by atoms with Gasteiger partial charge in [-0.1, -0.05) is 19.3 Å². The normalized spacial score (nSPS) is 32.9. The van der Waals surface area contributed by atoms with Gasteiger partial charge in [0.1, 0.15) is 6.10 Å². The number of carbonyl (C=O) groups excluding carboxylic acids is 3. The molecule has 29 heavy (non-hydrogen) atoms. The van der Waals surface area contributed by atoms with E-state index in [4.69, 9.17) is 4.74 Å². The van der Waals surface area contributed by atoms with E-state index in [0.717, 1.165) is 25.7 Å². The number of amides is 2. The van der Waals surface area contributed by atoms with Crippen molar-refractivity contribution >= 4 is 23.5 Å². The van der Waals surface area contributed by atoms with Crippen molar-refractivity contribution in [1.29, 1.82) is 0 Å². The number of esters is 1. The van der Waals surface area contributed by atoms with Gasteiger partial charge in [0.15, 0.2) is 0 Å². The number of anilines is 1. The van der Waals surface area contributed by atoms with Crippen LogP contribution in [0.15, 0.2) is 24.3 Å². The number of nitrogens with zero attached hydrogens (tertiary/aromatic N) is 1. The minimum Gasteiger partial charge on any atom is -0.462 e. The van der Waals surface area contributed by atoms with Gasteiger partial charge in [0.25, 0.3) is 5.91 Å². The summed E-state index contributed by atoms with van der Waals surface area (Å²) in [6.07, 6.45) is 7.54. The van der Waals surface area contributed by atoms with Gasteiger partial charge in [0.2, 0.25) is 5.91 Å². The van der Waals surface area contributed by atoms with Gasteiger partial charge in [0, 0.05) is 30.3 Å². The molecule has 154 valence electrons. The molecular weight excluding hydrogens is 368 g/mol.